The minimum Gasteiger partial charge on any atom is -0.507 e. The van der Waals surface area contributed by atoms with Crippen molar-refractivity contribution >= 4 is 59.5 Å². The van der Waals surface area contributed by atoms with Crippen LogP contribution in [0.15, 0.2) is 249 Å². The molecule has 0 aliphatic rings. The van der Waals surface area contributed by atoms with Gasteiger partial charge in [-0.2, -0.15) is 21.6 Å². The number of hydrogen-bond donors (Lipinski definition) is 1. The summed E-state index contributed by atoms with van der Waals surface area (Å²) in [5.74, 6) is 0.00789. The summed E-state index contributed by atoms with van der Waals surface area (Å²) in [4.78, 5) is 2.31. The van der Waals surface area contributed by atoms with Gasteiger partial charge >= 0.3 is 15.6 Å². The quantitative estimate of drug-likeness (QED) is 0.128. The predicted octanol–water partition coefficient (Wildman–Crippen LogP) is 15.2. The molecular weight excluding hydrogens is 840 g/mol. The van der Waals surface area contributed by atoms with Gasteiger partial charge in [0.15, 0.2) is 5.75 Å². The van der Waals surface area contributed by atoms with Gasteiger partial charge in [0.25, 0.3) is 0 Å². The lowest BCUT2D eigenvalue weighted by Crippen LogP contribution is -2.28. The summed E-state index contributed by atoms with van der Waals surface area (Å²) < 4.78 is 62.6. The predicted molar refractivity (Wildman–Crippen MR) is 259 cm³/mol. The van der Waals surface area contributed by atoms with Crippen molar-refractivity contribution in [1.82, 2.24) is 0 Å². The van der Waals surface area contributed by atoms with E-state index in [2.05, 4.69) is 173 Å². The van der Waals surface area contributed by atoms with Crippen LogP contribution in [0.3, 0.4) is 0 Å². The molecule has 0 bridgehead atoms. The average Bonchev–Trinajstić information content (AvgIpc) is 3.34. The number of phenols is 1. The fourth-order valence-corrected chi connectivity index (χ4v) is 7.53. The van der Waals surface area contributed by atoms with Crippen molar-refractivity contribution < 1.29 is 30.9 Å². The minimum absolute atomic E-state index is 0.299. The Hall–Kier alpha value is -7.88. The molecular formula is C56H44F3NO4S. The average molecular weight is 884 g/mol. The largest absolute Gasteiger partial charge is 0.534 e. The topological polar surface area (TPSA) is 66.8 Å². The number of nitrogens with zero attached hydrogens (tertiary/aromatic N) is 1. The Kier molecular flexibility index (Phi) is 14.9. The molecule has 0 aliphatic carbocycles. The maximum absolute atomic E-state index is 12.2. The number of rotatable bonds is 7. The Morgan fingerprint density at radius 1 is 0.415 bits per heavy atom. The van der Waals surface area contributed by atoms with E-state index < -0.39 is 15.6 Å². The number of alkyl halides is 3. The first kappa shape index (κ1) is 45.2. The van der Waals surface area contributed by atoms with Gasteiger partial charge in [-0.15, -0.1) is 0 Å². The summed E-state index contributed by atoms with van der Waals surface area (Å²) in [6.07, 6.45) is 1.03. The molecule has 0 saturated carbocycles. The van der Waals surface area contributed by atoms with Gasteiger partial charge in [0.05, 0.1) is 5.69 Å². The van der Waals surface area contributed by atoms with E-state index in [1.54, 1.807) is 30.3 Å². The van der Waals surface area contributed by atoms with E-state index in [0.717, 1.165) is 28.6 Å². The van der Waals surface area contributed by atoms with E-state index in [9.17, 15) is 26.7 Å². The van der Waals surface area contributed by atoms with Crippen molar-refractivity contribution in [2.75, 3.05) is 4.90 Å². The molecule has 10 aromatic rings. The van der Waals surface area contributed by atoms with Crippen molar-refractivity contribution in [1.29, 1.82) is 0 Å². The number of hydrogen-bond acceptors (Lipinski definition) is 5. The highest BCUT2D eigenvalue weighted by molar-refractivity contribution is 7.88. The van der Waals surface area contributed by atoms with Crippen LogP contribution in [0.4, 0.5) is 30.2 Å². The summed E-state index contributed by atoms with van der Waals surface area (Å²) in [7, 11) is -5.64. The van der Waals surface area contributed by atoms with Crippen molar-refractivity contribution in [2.24, 2.45) is 0 Å². The maximum atomic E-state index is 12.2. The molecule has 0 radical (unpaired) electrons. The molecule has 0 spiro atoms. The number of phenolic OH excluding ortho intramolecular Hbond substituents is 1. The van der Waals surface area contributed by atoms with Crippen LogP contribution < -0.4 is 9.08 Å². The van der Waals surface area contributed by atoms with Crippen LogP contribution in [0.25, 0.3) is 32.3 Å². The van der Waals surface area contributed by atoms with Crippen LogP contribution >= 0.6 is 0 Å². The molecule has 10 rings (SSSR count). The third kappa shape index (κ3) is 12.0. The number of para-hydroxylation sites is 2. The Morgan fingerprint density at radius 2 is 0.785 bits per heavy atom. The molecule has 0 unspecified atom stereocenters. The smallest absolute Gasteiger partial charge is 0.507 e. The van der Waals surface area contributed by atoms with E-state index >= 15 is 0 Å². The van der Waals surface area contributed by atoms with Crippen LogP contribution in [0.5, 0.6) is 11.5 Å². The SMILES string of the molecule is O=S(=O)(Oc1cccc2ccccc12)C(F)(F)F.Oc1cccc2ccccc12.c1ccc(Cc2ccccc2)cc1.c1ccc(N(c2ccccc2)c2cccc3ccccc23)cc1. The summed E-state index contributed by atoms with van der Waals surface area (Å²) in [5.41, 5.74) is 0.817. The number of anilines is 3. The van der Waals surface area contributed by atoms with E-state index in [-0.39, 0.29) is 5.75 Å². The van der Waals surface area contributed by atoms with Crippen LogP contribution in [0, 0.1) is 0 Å². The summed E-state index contributed by atoms with van der Waals surface area (Å²) >= 11 is 0. The second-order valence-corrected chi connectivity index (χ2v) is 16.1. The lowest BCUT2D eigenvalue weighted by atomic mass is 10.1. The molecule has 0 heterocycles. The second kappa shape index (κ2) is 21.5. The molecule has 0 saturated heterocycles. The highest BCUT2D eigenvalue weighted by Crippen LogP contribution is 2.38. The molecule has 0 aliphatic heterocycles. The van der Waals surface area contributed by atoms with Gasteiger partial charge in [-0.3, -0.25) is 0 Å². The molecule has 1 N–H and O–H groups in total. The van der Waals surface area contributed by atoms with Crippen molar-refractivity contribution in [3.8, 4) is 11.5 Å². The summed E-state index contributed by atoms with van der Waals surface area (Å²) in [6.45, 7) is 0. The first-order valence-electron chi connectivity index (χ1n) is 20.7. The second-order valence-electron chi connectivity index (χ2n) is 14.6. The van der Waals surface area contributed by atoms with Gasteiger partial charge in [0.2, 0.25) is 0 Å². The fraction of sp³-hybridized carbons (Fsp3) is 0.0357. The molecule has 0 fully saturated rings. The third-order valence-corrected chi connectivity index (χ3v) is 11.1. The lowest BCUT2D eigenvalue weighted by molar-refractivity contribution is -0.0499. The summed E-state index contributed by atoms with van der Waals surface area (Å²) in [6, 6.07) is 81.0. The highest BCUT2D eigenvalue weighted by atomic mass is 32.2. The molecule has 324 valence electrons. The monoisotopic (exact) mass is 883 g/mol. The zero-order valence-electron chi connectivity index (χ0n) is 35.0. The van der Waals surface area contributed by atoms with Crippen molar-refractivity contribution in [2.45, 2.75) is 11.9 Å². The summed E-state index contributed by atoms with van der Waals surface area (Å²) in [5, 5.41) is 14.8. The maximum Gasteiger partial charge on any atom is 0.534 e. The van der Waals surface area contributed by atoms with Gasteiger partial charge in [0.1, 0.15) is 5.75 Å². The van der Waals surface area contributed by atoms with Gasteiger partial charge in [-0.05, 0) is 76.2 Å². The van der Waals surface area contributed by atoms with Crippen LogP contribution in [-0.2, 0) is 16.5 Å². The Morgan fingerprint density at radius 3 is 1.28 bits per heavy atom. The molecule has 9 heteroatoms. The van der Waals surface area contributed by atoms with Crippen LogP contribution in [-0.4, -0.2) is 19.0 Å². The minimum atomic E-state index is -5.64. The standard InChI is InChI=1S/C22H17N.C13H12.C11H7F3O3S.C10H8O/c1-3-12-19(13-4-1)23(20-14-5-2-6-15-20)22-17-9-11-18-10-7-8-16-21(18)22;1-3-7-12(8-4-1)11-13-9-5-2-6-10-13;12-11(13,14)18(15,16)17-10-7-3-5-8-4-1-2-6-9(8)10;11-10-7-3-5-8-4-1-2-6-9(8)10/h1-17H;1-10H,11H2;1-7H;1-7,11H. The van der Waals surface area contributed by atoms with Crippen LogP contribution in [0.2, 0.25) is 0 Å². The third-order valence-electron chi connectivity index (χ3n) is 10.1. The molecule has 10 aromatic carbocycles. The zero-order chi connectivity index (χ0) is 45.5. The van der Waals surface area contributed by atoms with E-state index in [1.807, 2.05) is 36.4 Å². The molecule has 0 atom stereocenters. The highest BCUT2D eigenvalue weighted by Gasteiger charge is 2.48. The fourth-order valence-electron chi connectivity index (χ4n) is 7.05. The van der Waals surface area contributed by atoms with Crippen LogP contribution in [0.1, 0.15) is 11.1 Å². The zero-order valence-corrected chi connectivity index (χ0v) is 35.9. The first-order valence-corrected chi connectivity index (χ1v) is 22.1. The molecule has 5 nitrogen and oxygen atoms in total. The van der Waals surface area contributed by atoms with E-state index in [0.29, 0.717) is 16.5 Å². The number of fused-ring (bicyclic) bond motifs is 3. The normalized spacial score (nSPS) is 10.9. The van der Waals surface area contributed by atoms with Gasteiger partial charge < -0.3 is 14.2 Å². The van der Waals surface area contributed by atoms with E-state index in [4.69, 9.17) is 0 Å². The first-order chi connectivity index (χ1) is 31.6. The Bertz CT molecular complexity index is 3080. The molecule has 0 amide bonds. The molecule has 65 heavy (non-hydrogen) atoms. The van der Waals surface area contributed by atoms with Gasteiger partial charge in [0, 0.05) is 27.5 Å². The Balaban J connectivity index is 0.000000134. The number of halogens is 3. The lowest BCUT2D eigenvalue weighted by Gasteiger charge is -2.26. The van der Waals surface area contributed by atoms with Gasteiger partial charge in [-0.1, -0.05) is 206 Å². The van der Waals surface area contributed by atoms with Crippen molar-refractivity contribution in [3.63, 3.8) is 0 Å². The van der Waals surface area contributed by atoms with Crippen molar-refractivity contribution in [3.05, 3.63) is 260 Å². The molecule has 0 aromatic heterocycles. The van der Waals surface area contributed by atoms with Gasteiger partial charge in [-0.25, -0.2) is 0 Å². The number of aromatic hydroxyl groups is 1. The number of benzene rings is 10. The Labute approximate surface area is 377 Å². The van der Waals surface area contributed by atoms with E-state index in [1.165, 1.54) is 45.8 Å².